The van der Waals surface area contributed by atoms with Crippen LogP contribution in [0.1, 0.15) is 56.4 Å². The summed E-state index contributed by atoms with van der Waals surface area (Å²) in [6, 6.07) is 3.51. The lowest BCUT2D eigenvalue weighted by Gasteiger charge is -2.08. The maximum atomic E-state index is 11.0. The van der Waals surface area contributed by atoms with E-state index in [1.54, 1.807) is 12.1 Å². The van der Waals surface area contributed by atoms with Crippen LogP contribution in [0.4, 0.5) is 5.69 Å². The van der Waals surface area contributed by atoms with Crippen LogP contribution in [-0.2, 0) is 0 Å². The summed E-state index contributed by atoms with van der Waals surface area (Å²) in [4.78, 5) is 14.8. The highest BCUT2D eigenvalue weighted by atomic mass is 16.4. The molecule has 1 aromatic heterocycles. The van der Waals surface area contributed by atoms with Crippen molar-refractivity contribution >= 4 is 11.7 Å². The van der Waals surface area contributed by atoms with E-state index in [1.807, 2.05) is 0 Å². The summed E-state index contributed by atoms with van der Waals surface area (Å²) < 4.78 is 0. The standard InChI is InChI=1S/C15H24N2O2/c1-12(2)8-5-3-4-6-10-16-13-9-7-11-17-14(13)15(18)19/h7,9,11-12,16H,3-6,8,10H2,1-2H3,(H,18,19). The van der Waals surface area contributed by atoms with Crippen molar-refractivity contribution in [3.8, 4) is 0 Å². The third-order valence-corrected chi connectivity index (χ3v) is 3.03. The maximum Gasteiger partial charge on any atom is 0.356 e. The Morgan fingerprint density at radius 1 is 1.32 bits per heavy atom. The Balaban J connectivity index is 2.21. The molecule has 1 rings (SSSR count). The Bertz CT molecular complexity index is 391. The molecule has 4 heteroatoms. The van der Waals surface area contributed by atoms with Crippen LogP contribution in [0.2, 0.25) is 0 Å². The molecule has 0 fully saturated rings. The third-order valence-electron chi connectivity index (χ3n) is 3.03. The second-order valence-electron chi connectivity index (χ2n) is 5.23. The summed E-state index contributed by atoms with van der Waals surface area (Å²) >= 11 is 0. The summed E-state index contributed by atoms with van der Waals surface area (Å²) in [6.45, 7) is 5.29. The number of carboxylic acids is 1. The van der Waals surface area contributed by atoms with Crippen LogP contribution < -0.4 is 5.32 Å². The lowest BCUT2D eigenvalue weighted by Crippen LogP contribution is -2.09. The number of hydrogen-bond donors (Lipinski definition) is 2. The number of pyridine rings is 1. The molecule has 19 heavy (non-hydrogen) atoms. The number of hydrogen-bond acceptors (Lipinski definition) is 3. The van der Waals surface area contributed by atoms with Crippen molar-refractivity contribution < 1.29 is 9.90 Å². The molecule has 0 bridgehead atoms. The van der Waals surface area contributed by atoms with E-state index < -0.39 is 5.97 Å². The molecule has 0 saturated heterocycles. The number of anilines is 1. The van der Waals surface area contributed by atoms with Crippen molar-refractivity contribution in [3.05, 3.63) is 24.0 Å². The summed E-state index contributed by atoms with van der Waals surface area (Å²) in [5, 5.41) is 12.1. The molecule has 0 aliphatic rings. The Labute approximate surface area is 115 Å². The van der Waals surface area contributed by atoms with Crippen molar-refractivity contribution in [1.82, 2.24) is 4.98 Å². The van der Waals surface area contributed by atoms with Crippen LogP contribution in [0.3, 0.4) is 0 Å². The lowest BCUT2D eigenvalue weighted by atomic mass is 10.0. The number of aromatic nitrogens is 1. The average Bonchev–Trinajstić information content (AvgIpc) is 2.37. The molecule has 0 unspecified atom stereocenters. The number of carboxylic acid groups (broad SMARTS) is 1. The summed E-state index contributed by atoms with van der Waals surface area (Å²) in [5.74, 6) is -0.202. The van der Waals surface area contributed by atoms with Gasteiger partial charge in [0.05, 0.1) is 5.69 Å². The van der Waals surface area contributed by atoms with E-state index in [4.69, 9.17) is 5.11 Å². The molecule has 106 valence electrons. The molecule has 0 atom stereocenters. The Morgan fingerprint density at radius 3 is 2.74 bits per heavy atom. The molecule has 4 nitrogen and oxygen atoms in total. The van der Waals surface area contributed by atoms with Crippen LogP contribution in [0.25, 0.3) is 0 Å². The molecule has 0 saturated carbocycles. The number of aromatic carboxylic acids is 1. The van der Waals surface area contributed by atoms with Crippen molar-refractivity contribution in [1.29, 1.82) is 0 Å². The third kappa shape index (κ3) is 6.22. The van der Waals surface area contributed by atoms with Gasteiger partial charge in [0.2, 0.25) is 0 Å². The fourth-order valence-electron chi connectivity index (χ4n) is 1.97. The molecular formula is C15H24N2O2. The SMILES string of the molecule is CC(C)CCCCCCNc1cccnc1C(=O)O. The van der Waals surface area contributed by atoms with Crippen LogP contribution in [0, 0.1) is 5.92 Å². The van der Waals surface area contributed by atoms with E-state index in [0.29, 0.717) is 5.69 Å². The van der Waals surface area contributed by atoms with Crippen LogP contribution >= 0.6 is 0 Å². The molecule has 0 aliphatic carbocycles. The maximum absolute atomic E-state index is 11.0. The zero-order valence-corrected chi connectivity index (χ0v) is 11.9. The zero-order chi connectivity index (χ0) is 14.1. The van der Waals surface area contributed by atoms with Crippen LogP contribution in [0.15, 0.2) is 18.3 Å². The van der Waals surface area contributed by atoms with E-state index in [1.165, 1.54) is 31.9 Å². The van der Waals surface area contributed by atoms with Gasteiger partial charge in [-0.25, -0.2) is 9.78 Å². The van der Waals surface area contributed by atoms with Crippen molar-refractivity contribution in [3.63, 3.8) is 0 Å². The van der Waals surface area contributed by atoms with Crippen LogP contribution in [0.5, 0.6) is 0 Å². The fourth-order valence-corrected chi connectivity index (χ4v) is 1.97. The van der Waals surface area contributed by atoms with Gasteiger partial charge in [-0.3, -0.25) is 0 Å². The number of rotatable bonds is 9. The van der Waals surface area contributed by atoms with Crippen molar-refractivity contribution in [2.75, 3.05) is 11.9 Å². The van der Waals surface area contributed by atoms with E-state index in [0.717, 1.165) is 18.9 Å². The topological polar surface area (TPSA) is 62.2 Å². The number of carbonyl (C=O) groups is 1. The number of nitrogens with zero attached hydrogens (tertiary/aromatic N) is 1. The van der Waals surface area contributed by atoms with Crippen molar-refractivity contribution in [2.45, 2.75) is 46.0 Å². The number of nitrogens with one attached hydrogen (secondary N) is 1. The van der Waals surface area contributed by atoms with E-state index in [-0.39, 0.29) is 5.69 Å². The highest BCUT2D eigenvalue weighted by Gasteiger charge is 2.09. The monoisotopic (exact) mass is 264 g/mol. The highest BCUT2D eigenvalue weighted by Crippen LogP contribution is 2.13. The lowest BCUT2D eigenvalue weighted by molar-refractivity contribution is 0.0691. The molecule has 0 aromatic carbocycles. The second kappa shape index (κ2) is 8.51. The van der Waals surface area contributed by atoms with E-state index in [2.05, 4.69) is 24.1 Å². The predicted octanol–water partition coefficient (Wildman–Crippen LogP) is 3.80. The number of unbranched alkanes of at least 4 members (excludes halogenated alkanes) is 3. The molecule has 2 N–H and O–H groups in total. The minimum atomic E-state index is -0.986. The molecule has 0 aliphatic heterocycles. The van der Waals surface area contributed by atoms with Gasteiger partial charge in [-0.2, -0.15) is 0 Å². The van der Waals surface area contributed by atoms with E-state index >= 15 is 0 Å². The van der Waals surface area contributed by atoms with Gasteiger partial charge in [0.15, 0.2) is 5.69 Å². The van der Waals surface area contributed by atoms with Gasteiger partial charge in [-0.05, 0) is 24.5 Å². The molecular weight excluding hydrogens is 240 g/mol. The Kier molecular flexibility index (Phi) is 6.93. The van der Waals surface area contributed by atoms with Gasteiger partial charge >= 0.3 is 5.97 Å². The van der Waals surface area contributed by atoms with Gasteiger partial charge in [-0.15, -0.1) is 0 Å². The minimum Gasteiger partial charge on any atom is -0.476 e. The Morgan fingerprint density at radius 2 is 2.05 bits per heavy atom. The highest BCUT2D eigenvalue weighted by molar-refractivity contribution is 5.91. The van der Waals surface area contributed by atoms with Gasteiger partial charge < -0.3 is 10.4 Å². The molecule has 0 spiro atoms. The van der Waals surface area contributed by atoms with Gasteiger partial charge in [0, 0.05) is 12.7 Å². The molecule has 0 radical (unpaired) electrons. The quantitative estimate of drug-likeness (QED) is 0.666. The largest absolute Gasteiger partial charge is 0.476 e. The van der Waals surface area contributed by atoms with E-state index in [9.17, 15) is 4.79 Å². The minimum absolute atomic E-state index is 0.0994. The second-order valence-corrected chi connectivity index (χ2v) is 5.23. The normalized spacial score (nSPS) is 10.7. The molecule has 1 heterocycles. The first kappa shape index (κ1) is 15.5. The summed E-state index contributed by atoms with van der Waals surface area (Å²) in [6.07, 6.45) is 7.57. The zero-order valence-electron chi connectivity index (χ0n) is 11.9. The predicted molar refractivity (Wildman–Crippen MR) is 77.6 cm³/mol. The van der Waals surface area contributed by atoms with Gasteiger partial charge in [0.1, 0.15) is 0 Å². The summed E-state index contributed by atoms with van der Waals surface area (Å²) in [5.41, 5.74) is 0.708. The van der Waals surface area contributed by atoms with Crippen molar-refractivity contribution in [2.24, 2.45) is 5.92 Å². The molecule has 0 amide bonds. The van der Waals surface area contributed by atoms with Crippen LogP contribution in [-0.4, -0.2) is 22.6 Å². The smallest absolute Gasteiger partial charge is 0.356 e. The first-order chi connectivity index (χ1) is 9.11. The van der Waals surface area contributed by atoms with Gasteiger partial charge in [0.25, 0.3) is 0 Å². The average molecular weight is 264 g/mol. The van der Waals surface area contributed by atoms with Gasteiger partial charge in [-0.1, -0.05) is 39.5 Å². The summed E-state index contributed by atoms with van der Waals surface area (Å²) in [7, 11) is 0. The first-order valence-electron chi connectivity index (χ1n) is 7.03. The first-order valence-corrected chi connectivity index (χ1v) is 7.03. The fraction of sp³-hybridized carbons (Fsp3) is 0.600. The molecule has 1 aromatic rings. The Hall–Kier alpha value is -1.58.